The van der Waals surface area contributed by atoms with Crippen LogP contribution in [0.15, 0.2) is 42.5 Å². The maximum absolute atomic E-state index is 12.8. The fourth-order valence-electron chi connectivity index (χ4n) is 2.98. The Labute approximate surface area is 166 Å². The largest absolute Gasteiger partial charge is 0.350 e. The third-order valence-electron chi connectivity index (χ3n) is 4.29. The number of benzene rings is 2. The Morgan fingerprint density at radius 1 is 1.19 bits per heavy atom. The zero-order chi connectivity index (χ0) is 20.2. The highest BCUT2D eigenvalue weighted by Crippen LogP contribution is 2.29. The van der Waals surface area contributed by atoms with Crippen molar-refractivity contribution in [3.63, 3.8) is 0 Å². The molecule has 0 aliphatic heterocycles. The van der Waals surface area contributed by atoms with Gasteiger partial charge in [0.2, 0.25) is 15.9 Å². The molecule has 0 bridgehead atoms. The molecule has 2 aromatic rings. The molecular weight excluding hydrogens is 384 g/mol. The zero-order valence-electron chi connectivity index (χ0n) is 16.0. The number of halogens is 1. The first kappa shape index (κ1) is 21.3. The SMILES string of the molecule is CC[C@@H](C(=O)NCc1cccc(C)c1)N(c1cc(Cl)ccc1C)S(C)(=O)=O. The van der Waals surface area contributed by atoms with Gasteiger partial charge in [-0.15, -0.1) is 0 Å². The van der Waals surface area contributed by atoms with E-state index in [2.05, 4.69) is 5.32 Å². The Kier molecular flexibility index (Phi) is 6.89. The van der Waals surface area contributed by atoms with Gasteiger partial charge in [0.25, 0.3) is 0 Å². The smallest absolute Gasteiger partial charge is 0.244 e. The Morgan fingerprint density at radius 2 is 1.89 bits per heavy atom. The molecule has 0 spiro atoms. The third kappa shape index (κ3) is 5.47. The monoisotopic (exact) mass is 408 g/mol. The Hall–Kier alpha value is -2.05. The van der Waals surface area contributed by atoms with Crippen molar-refractivity contribution in [2.24, 2.45) is 0 Å². The molecule has 2 aromatic carbocycles. The highest BCUT2D eigenvalue weighted by Gasteiger charge is 2.32. The molecule has 0 heterocycles. The van der Waals surface area contributed by atoms with Crippen LogP contribution in [0.5, 0.6) is 0 Å². The minimum Gasteiger partial charge on any atom is -0.350 e. The van der Waals surface area contributed by atoms with E-state index in [9.17, 15) is 13.2 Å². The van der Waals surface area contributed by atoms with E-state index >= 15 is 0 Å². The van der Waals surface area contributed by atoms with Gasteiger partial charge in [-0.25, -0.2) is 8.42 Å². The minimum absolute atomic E-state index is 0.332. The van der Waals surface area contributed by atoms with Crippen LogP contribution >= 0.6 is 11.6 Å². The van der Waals surface area contributed by atoms with Crippen LogP contribution in [0.2, 0.25) is 5.02 Å². The normalized spacial score (nSPS) is 12.5. The average molecular weight is 409 g/mol. The third-order valence-corrected chi connectivity index (χ3v) is 5.69. The number of aryl methyl sites for hydroxylation is 2. The predicted octanol–water partition coefficient (Wildman–Crippen LogP) is 3.82. The second kappa shape index (κ2) is 8.76. The van der Waals surface area contributed by atoms with Crippen LogP contribution in [0, 0.1) is 13.8 Å². The molecule has 0 aliphatic carbocycles. The summed E-state index contributed by atoms with van der Waals surface area (Å²) < 4.78 is 26.2. The van der Waals surface area contributed by atoms with E-state index in [1.165, 1.54) is 4.31 Å². The highest BCUT2D eigenvalue weighted by molar-refractivity contribution is 7.92. The lowest BCUT2D eigenvalue weighted by atomic mass is 10.1. The predicted molar refractivity (Wildman–Crippen MR) is 111 cm³/mol. The van der Waals surface area contributed by atoms with E-state index in [-0.39, 0.29) is 5.91 Å². The Morgan fingerprint density at radius 3 is 2.48 bits per heavy atom. The molecule has 7 heteroatoms. The first-order chi connectivity index (χ1) is 12.6. The van der Waals surface area contributed by atoms with Gasteiger partial charge in [0.1, 0.15) is 6.04 Å². The van der Waals surface area contributed by atoms with Gasteiger partial charge in [-0.3, -0.25) is 9.10 Å². The van der Waals surface area contributed by atoms with Crippen molar-refractivity contribution in [2.45, 2.75) is 39.8 Å². The summed E-state index contributed by atoms with van der Waals surface area (Å²) in [5, 5.41) is 3.27. The van der Waals surface area contributed by atoms with Gasteiger partial charge in [0.15, 0.2) is 0 Å². The second-order valence-corrected chi connectivity index (χ2v) is 8.92. The van der Waals surface area contributed by atoms with E-state index in [4.69, 9.17) is 11.6 Å². The number of rotatable bonds is 7. The molecule has 0 aromatic heterocycles. The van der Waals surface area contributed by atoms with Crippen molar-refractivity contribution in [3.05, 3.63) is 64.2 Å². The van der Waals surface area contributed by atoms with Gasteiger partial charge in [0, 0.05) is 11.6 Å². The molecule has 1 atom stereocenters. The molecule has 0 saturated carbocycles. The summed E-state index contributed by atoms with van der Waals surface area (Å²) >= 11 is 6.07. The van der Waals surface area contributed by atoms with Gasteiger partial charge >= 0.3 is 0 Å². The molecule has 0 unspecified atom stereocenters. The van der Waals surface area contributed by atoms with Crippen LogP contribution in [-0.2, 0) is 21.4 Å². The molecule has 0 fully saturated rings. The topological polar surface area (TPSA) is 66.5 Å². The van der Waals surface area contributed by atoms with Crippen molar-refractivity contribution in [3.8, 4) is 0 Å². The van der Waals surface area contributed by atoms with Crippen LogP contribution in [0.3, 0.4) is 0 Å². The lowest BCUT2D eigenvalue weighted by Gasteiger charge is -2.31. The van der Waals surface area contributed by atoms with Gasteiger partial charge in [-0.05, 0) is 43.5 Å². The summed E-state index contributed by atoms with van der Waals surface area (Å²) in [7, 11) is -3.69. The molecule has 1 N–H and O–H groups in total. The summed E-state index contributed by atoms with van der Waals surface area (Å²) in [6, 6.07) is 12.0. The maximum atomic E-state index is 12.8. The van der Waals surface area contributed by atoms with Crippen LogP contribution < -0.4 is 9.62 Å². The first-order valence-corrected chi connectivity index (χ1v) is 10.9. The van der Waals surface area contributed by atoms with Gasteiger partial charge in [-0.1, -0.05) is 54.4 Å². The summed E-state index contributed by atoms with van der Waals surface area (Å²) in [5.74, 6) is -0.344. The molecule has 146 valence electrons. The van der Waals surface area contributed by atoms with Gasteiger partial charge in [0.05, 0.1) is 11.9 Å². The first-order valence-electron chi connectivity index (χ1n) is 8.72. The zero-order valence-corrected chi connectivity index (χ0v) is 17.6. The molecule has 5 nitrogen and oxygen atoms in total. The van der Waals surface area contributed by atoms with E-state index < -0.39 is 16.1 Å². The molecule has 27 heavy (non-hydrogen) atoms. The van der Waals surface area contributed by atoms with Gasteiger partial charge in [-0.2, -0.15) is 0 Å². The second-order valence-electron chi connectivity index (χ2n) is 6.62. The quantitative estimate of drug-likeness (QED) is 0.757. The highest BCUT2D eigenvalue weighted by atomic mass is 35.5. The van der Waals surface area contributed by atoms with E-state index in [1.807, 2.05) is 31.2 Å². The maximum Gasteiger partial charge on any atom is 0.244 e. The molecule has 1 amide bonds. The molecule has 0 saturated heterocycles. The van der Waals surface area contributed by atoms with Gasteiger partial charge < -0.3 is 5.32 Å². The van der Waals surface area contributed by atoms with Crippen LogP contribution in [0.25, 0.3) is 0 Å². The van der Waals surface area contributed by atoms with Crippen molar-refractivity contribution >= 4 is 33.2 Å². The summed E-state index contributed by atoms with van der Waals surface area (Å²) in [5.41, 5.74) is 3.21. The number of nitrogens with one attached hydrogen (secondary N) is 1. The van der Waals surface area contributed by atoms with E-state index in [0.29, 0.717) is 23.7 Å². The number of sulfonamides is 1. The summed E-state index contributed by atoms with van der Waals surface area (Å²) in [4.78, 5) is 12.8. The summed E-state index contributed by atoms with van der Waals surface area (Å²) in [6.07, 6.45) is 1.43. The summed E-state index contributed by atoms with van der Waals surface area (Å²) in [6.45, 7) is 5.90. The van der Waals surface area contributed by atoms with Crippen LogP contribution in [0.1, 0.15) is 30.0 Å². The average Bonchev–Trinajstić information content (AvgIpc) is 2.59. The van der Waals surface area contributed by atoms with Crippen molar-refractivity contribution in [1.82, 2.24) is 5.32 Å². The number of nitrogens with zero attached hydrogens (tertiary/aromatic N) is 1. The Bertz CT molecular complexity index is 929. The fraction of sp³-hybridized carbons (Fsp3) is 0.350. The van der Waals surface area contributed by atoms with Crippen molar-refractivity contribution in [2.75, 3.05) is 10.6 Å². The molecular formula is C20H25ClN2O3S. The number of carbonyl (C=O) groups is 1. The number of amides is 1. The lowest BCUT2D eigenvalue weighted by Crippen LogP contribution is -2.49. The number of carbonyl (C=O) groups excluding carboxylic acids is 1. The number of anilines is 1. The number of hydrogen-bond acceptors (Lipinski definition) is 3. The van der Waals surface area contributed by atoms with Crippen molar-refractivity contribution < 1.29 is 13.2 Å². The Balaban J connectivity index is 2.32. The minimum atomic E-state index is -3.69. The van der Waals surface area contributed by atoms with E-state index in [0.717, 1.165) is 22.9 Å². The van der Waals surface area contributed by atoms with E-state index in [1.54, 1.807) is 32.0 Å². The molecule has 0 aliphatic rings. The van der Waals surface area contributed by atoms with Crippen molar-refractivity contribution in [1.29, 1.82) is 0 Å². The standard InChI is InChI=1S/C20H25ClN2O3S/c1-5-18(20(24)22-13-16-8-6-7-14(2)11-16)23(27(4,25)26)19-12-17(21)10-9-15(19)3/h6-12,18H,5,13H2,1-4H3,(H,22,24)/t18-/m0/s1. The fourth-order valence-corrected chi connectivity index (χ4v) is 4.41. The molecule has 0 radical (unpaired) electrons. The lowest BCUT2D eigenvalue weighted by molar-refractivity contribution is -0.122. The van der Waals surface area contributed by atoms with Crippen LogP contribution in [0.4, 0.5) is 5.69 Å². The van der Waals surface area contributed by atoms with Crippen LogP contribution in [-0.4, -0.2) is 26.6 Å². The number of hydrogen-bond donors (Lipinski definition) is 1. The molecule has 2 rings (SSSR count).